The van der Waals surface area contributed by atoms with Crippen molar-refractivity contribution in [1.29, 1.82) is 0 Å². The number of aliphatic hydroxyl groups excluding tert-OH is 1. The van der Waals surface area contributed by atoms with E-state index in [1.807, 2.05) is 35.9 Å². The number of halogens is 9. The lowest BCUT2D eigenvalue weighted by molar-refractivity contribution is -0.193. The predicted octanol–water partition coefficient (Wildman–Crippen LogP) is 9.59. The minimum atomic E-state index is -5.08. The number of nitrogens with one attached hydrogen (secondary N) is 3. The number of carboxylic acids is 3. The van der Waals surface area contributed by atoms with Crippen molar-refractivity contribution in [3.8, 4) is 34.0 Å². The number of methoxy groups -OCH3 is 2. The van der Waals surface area contributed by atoms with Crippen molar-refractivity contribution >= 4 is 105 Å². The van der Waals surface area contributed by atoms with Crippen molar-refractivity contribution < 1.29 is 88.6 Å². The van der Waals surface area contributed by atoms with Crippen LogP contribution in [0.1, 0.15) is 107 Å². The first-order valence-corrected chi connectivity index (χ1v) is 27.9. The minimum Gasteiger partial charge on any atom is -0.497 e. The highest BCUT2D eigenvalue weighted by Gasteiger charge is 2.40. The van der Waals surface area contributed by atoms with Crippen molar-refractivity contribution in [3.63, 3.8) is 0 Å². The van der Waals surface area contributed by atoms with Crippen LogP contribution < -0.4 is 25.4 Å². The third-order valence-corrected chi connectivity index (χ3v) is 13.8. The molecule has 20 nitrogen and oxygen atoms in total. The zero-order chi connectivity index (χ0) is 67.3. The fourth-order valence-electron chi connectivity index (χ4n) is 9.56. The van der Waals surface area contributed by atoms with Crippen molar-refractivity contribution in [2.45, 2.75) is 124 Å². The van der Waals surface area contributed by atoms with Crippen LogP contribution in [0.4, 0.5) is 50.9 Å². The first-order valence-electron chi connectivity index (χ1n) is 27.9. The summed E-state index contributed by atoms with van der Waals surface area (Å²) in [6, 6.07) is 31.1. The van der Waals surface area contributed by atoms with Crippen LogP contribution in [0.3, 0.4) is 0 Å². The van der Waals surface area contributed by atoms with Gasteiger partial charge in [0.25, 0.3) is 0 Å². The number of carbonyl (C=O) groups excluding carboxylic acids is 1. The normalized spacial score (nSPS) is 14.4. The number of carboxylic acid groups (broad SMARTS) is 3. The molecule has 2 aromatic heterocycles. The summed E-state index contributed by atoms with van der Waals surface area (Å²) in [7, 11) is 4.41. The van der Waals surface area contributed by atoms with Gasteiger partial charge >= 0.3 is 36.4 Å². The topological polar surface area (TPSA) is 268 Å². The molecule has 36 heteroatoms. The molecule has 0 amide bonds. The lowest BCUT2D eigenvalue weighted by Crippen LogP contribution is -2.34. The van der Waals surface area contributed by atoms with E-state index >= 15 is 0 Å². The molecule has 2 atom stereocenters. The molecule has 0 saturated carbocycles. The standard InChI is InChI=1S/C27H33N5O.C24H27N5O.C3H6O.3C2HF3O2.CH4O.CH4.7B/c1-18(2)31-13-10-20(11-14-31)21-8-9-24-25(16-21)26(12-15-32-27(24)19(3)29-30-32)28-22-6-5-7-23(17-22)33-4;1-16-24-21-7-6-18(17-8-11-25-12-9-17)14-22(21)23(10-13-29(24)28-27-16)26-19-4-3-5-20(15-19)30-2;1-3(2)4;3*3-2(4,5)1(6)7;1-2;;;;;;;;/h5-10,16-18,26,28H,11-15H2,1-4H3;3-8,14-15,23,25-26H,9-13H2,1-2H3;1-2H3;3*(H,6,7);2H,1H3;1H4;;;;;;;. The van der Waals surface area contributed by atoms with Gasteiger partial charge < -0.3 is 50.6 Å². The Morgan fingerprint density at radius 2 is 0.929 bits per heavy atom. The molecule has 6 aromatic rings. The van der Waals surface area contributed by atoms with E-state index in [0.717, 1.165) is 118 Å². The van der Waals surface area contributed by atoms with Gasteiger partial charge in [-0.3, -0.25) is 4.90 Å². The summed E-state index contributed by atoms with van der Waals surface area (Å²) < 4.78 is 110. The van der Waals surface area contributed by atoms with Gasteiger partial charge in [-0.2, -0.15) is 39.5 Å². The zero-order valence-corrected chi connectivity index (χ0v) is 54.9. The highest BCUT2D eigenvalue weighted by Crippen LogP contribution is 2.41. The number of aliphatic hydroxyl groups is 1. The summed E-state index contributed by atoms with van der Waals surface area (Å²) in [5, 5.41) is 56.8. The molecule has 98 heavy (non-hydrogen) atoms. The summed E-state index contributed by atoms with van der Waals surface area (Å²) in [6.07, 6.45) is -6.52. The molecule has 4 aliphatic rings. The van der Waals surface area contributed by atoms with Gasteiger partial charge in [0.05, 0.1) is 49.1 Å². The van der Waals surface area contributed by atoms with Crippen molar-refractivity contribution in [3.05, 3.63) is 131 Å². The van der Waals surface area contributed by atoms with Gasteiger partial charge in [-0.25, -0.2) is 23.7 Å². The SMILES string of the molecule is C.CC(C)=O.CO.COc1cccc(NC2CCn3nnc(C)c3-c3ccc(C4=CCN(C(C)C)CC4)cc32)c1.COc1cccc(NC2CCn3nnc(C)c3-c3ccc(C4=CCNCC4)cc32)c1.O=C(O)C(F)(F)F.O=C(O)C(F)(F)F.O=C(O)C(F)(F)F.[B].[B].[B].[B].[B].[B].[B]. The quantitative estimate of drug-likeness (QED) is 0.0524. The van der Waals surface area contributed by atoms with Crippen molar-refractivity contribution in [2.24, 2.45) is 0 Å². The number of anilines is 2. The molecular weight excluding hydrogens is 1290 g/mol. The van der Waals surface area contributed by atoms with Crippen LogP contribution in [0.5, 0.6) is 11.5 Å². The first kappa shape index (κ1) is 98.3. The highest BCUT2D eigenvalue weighted by atomic mass is 19.4. The van der Waals surface area contributed by atoms with Gasteiger partial charge in [0.15, 0.2) is 0 Å². The zero-order valence-electron chi connectivity index (χ0n) is 54.9. The second kappa shape index (κ2) is 45.3. The molecule has 2 unspecified atom stereocenters. The highest BCUT2D eigenvalue weighted by molar-refractivity contribution is 5.79. The number of aliphatic carboxylic acids is 3. The van der Waals surface area contributed by atoms with Gasteiger partial charge in [-0.1, -0.05) is 66.4 Å². The van der Waals surface area contributed by atoms with Crippen LogP contribution in [0, 0.1) is 13.8 Å². The van der Waals surface area contributed by atoms with Gasteiger partial charge in [-0.05, 0) is 144 Å². The van der Waals surface area contributed by atoms with Crippen LogP contribution in [-0.2, 0) is 32.3 Å². The van der Waals surface area contributed by atoms with E-state index in [9.17, 15) is 44.3 Å². The van der Waals surface area contributed by atoms with E-state index in [1.165, 1.54) is 58.4 Å². The number of carbonyl (C=O) groups is 4. The van der Waals surface area contributed by atoms with Crippen LogP contribution >= 0.6 is 0 Å². The number of rotatable bonds is 9. The van der Waals surface area contributed by atoms with E-state index in [1.54, 1.807) is 14.2 Å². The number of benzene rings is 4. The molecule has 7 N–H and O–H groups in total. The molecule has 21 radical (unpaired) electrons. The van der Waals surface area contributed by atoms with Gasteiger partial charge in [0.1, 0.15) is 17.3 Å². The number of alkyl halides is 9. The molecule has 10 rings (SSSR count). The molecule has 0 spiro atoms. The maximum Gasteiger partial charge on any atom is 0.490 e. The fraction of sp³-hybridized carbons (Fsp3) is 0.419. The molecule has 4 aliphatic heterocycles. The van der Waals surface area contributed by atoms with E-state index in [-0.39, 0.29) is 84.2 Å². The average molecular weight is 1370 g/mol. The average Bonchev–Trinajstić information content (AvgIpc) is 1.58. The maximum absolute atomic E-state index is 10.6. The first-order chi connectivity index (χ1) is 42.3. The summed E-state index contributed by atoms with van der Waals surface area (Å²) in [6.45, 7) is 17.5. The molecular formula is C62H77B7F9N10O10. The molecule has 6 heterocycles. The molecule has 0 aliphatic carbocycles. The van der Waals surface area contributed by atoms with Gasteiger partial charge in [-0.15, -0.1) is 10.2 Å². The Bertz CT molecular complexity index is 3410. The summed E-state index contributed by atoms with van der Waals surface area (Å²) in [5.74, 6) is -6.39. The minimum absolute atomic E-state index is 0. The molecule has 4 aromatic carbocycles. The second-order valence-electron chi connectivity index (χ2n) is 20.6. The molecule has 519 valence electrons. The monoisotopic (exact) mass is 1370 g/mol. The van der Waals surface area contributed by atoms with Crippen LogP contribution in [0.2, 0.25) is 0 Å². The Morgan fingerprint density at radius 3 is 1.22 bits per heavy atom. The number of aryl methyl sites for hydroxylation is 4. The summed E-state index contributed by atoms with van der Waals surface area (Å²) >= 11 is 0. The van der Waals surface area contributed by atoms with E-state index in [2.05, 4.69) is 140 Å². The maximum atomic E-state index is 10.6. The van der Waals surface area contributed by atoms with Crippen LogP contribution in [-0.4, -0.2) is 210 Å². The summed E-state index contributed by atoms with van der Waals surface area (Å²) in [5.41, 5.74) is 16.9. The largest absolute Gasteiger partial charge is 0.497 e. The molecule has 0 saturated heterocycles. The number of Topliss-reactive ketones (excluding diaryl/α,β-unsaturated/α-hetero) is 1. The third-order valence-electron chi connectivity index (χ3n) is 13.8. The van der Waals surface area contributed by atoms with Crippen molar-refractivity contribution in [2.75, 3.05) is 58.1 Å². The number of ether oxygens (including phenoxy) is 2. The van der Waals surface area contributed by atoms with Gasteiger partial charge in [0.2, 0.25) is 0 Å². The number of fused-ring (bicyclic) bond motifs is 6. The van der Waals surface area contributed by atoms with E-state index in [4.69, 9.17) is 44.3 Å². The lowest BCUT2D eigenvalue weighted by Gasteiger charge is -2.30. The Balaban J connectivity index is -0.000000406. The van der Waals surface area contributed by atoms with Gasteiger partial charge in [0, 0.05) is 139 Å². The Morgan fingerprint density at radius 1 is 0.571 bits per heavy atom. The number of nitrogens with zero attached hydrogens (tertiary/aromatic N) is 7. The summed E-state index contributed by atoms with van der Waals surface area (Å²) in [4.78, 5) is 38.7. The fourth-order valence-corrected chi connectivity index (χ4v) is 9.56. The number of hydrogen-bond acceptors (Lipinski definition) is 15. The number of aromatic nitrogens is 6. The smallest absolute Gasteiger partial charge is 0.490 e. The number of ketones is 1. The van der Waals surface area contributed by atoms with E-state index < -0.39 is 36.4 Å². The Kier molecular flexibility index (Phi) is 45.4. The molecule has 0 fully saturated rings. The van der Waals surface area contributed by atoms with E-state index in [0.29, 0.717) is 6.04 Å². The number of hydrogen-bond donors (Lipinski definition) is 7. The second-order valence-corrected chi connectivity index (χ2v) is 20.6. The Labute approximate surface area is 579 Å². The van der Waals surface area contributed by atoms with Crippen LogP contribution in [0.25, 0.3) is 33.7 Å². The molecule has 0 bridgehead atoms. The Hall–Kier alpha value is -8.38. The lowest BCUT2D eigenvalue weighted by atomic mass is 9.90. The third kappa shape index (κ3) is 29.4. The predicted molar refractivity (Wildman–Crippen MR) is 366 cm³/mol. The van der Waals surface area contributed by atoms with Crippen LogP contribution in [0.15, 0.2) is 97.1 Å². The van der Waals surface area contributed by atoms with Crippen molar-refractivity contribution in [1.82, 2.24) is 40.2 Å².